The maximum Gasteiger partial charge on any atom is 2.00 e. The molecule has 62 heavy (non-hydrogen) atoms. The van der Waals surface area contributed by atoms with E-state index >= 15 is 0 Å². The SMILES string of the molecule is C=Cc1cc(C(=O)O)ccn1.CN=C/C=C/C(=O)O.COCCOc1ccsc1/C=C/Cc1ccnc(-c2cc(/C=C/c3cc(OCCO)cs3)ccn2)c1.N#C[S-].N#C[S-].[Ru+2]. The van der Waals surface area contributed by atoms with Crippen LogP contribution in [0.1, 0.15) is 36.9 Å². The number of hydrogen-bond acceptors (Lipinski definition) is 16. The van der Waals surface area contributed by atoms with Gasteiger partial charge in [0.2, 0.25) is 0 Å². The molecule has 19 heteroatoms. The predicted octanol–water partition coefficient (Wildman–Crippen LogP) is 7.87. The fourth-order valence-corrected chi connectivity index (χ4v) is 5.74. The van der Waals surface area contributed by atoms with Gasteiger partial charge in [-0.2, -0.15) is 0 Å². The van der Waals surface area contributed by atoms with E-state index in [1.807, 2.05) is 59.4 Å². The summed E-state index contributed by atoms with van der Waals surface area (Å²) < 4.78 is 16.3. The molecule has 0 amide bonds. The normalized spacial score (nSPS) is 9.95. The molecule has 5 rings (SSSR count). The summed E-state index contributed by atoms with van der Waals surface area (Å²) in [5.74, 6) is -0.247. The number of pyridine rings is 3. The van der Waals surface area contributed by atoms with E-state index in [0.717, 1.165) is 56.3 Å². The molecule has 0 saturated heterocycles. The molecule has 324 valence electrons. The summed E-state index contributed by atoms with van der Waals surface area (Å²) in [6.45, 7) is 4.89. The van der Waals surface area contributed by atoms with Crippen molar-refractivity contribution in [2.75, 3.05) is 40.6 Å². The van der Waals surface area contributed by atoms with Crippen molar-refractivity contribution in [3.05, 3.63) is 135 Å². The van der Waals surface area contributed by atoms with Gasteiger partial charge in [0.25, 0.3) is 0 Å². The van der Waals surface area contributed by atoms with Crippen molar-refractivity contribution >= 4 is 90.4 Å². The van der Waals surface area contributed by atoms with Crippen LogP contribution in [0.25, 0.3) is 35.7 Å². The maximum absolute atomic E-state index is 10.4. The third kappa shape index (κ3) is 24.9. The van der Waals surface area contributed by atoms with Crippen molar-refractivity contribution in [1.82, 2.24) is 15.0 Å². The summed E-state index contributed by atoms with van der Waals surface area (Å²) >= 11 is 10.6. The zero-order chi connectivity index (χ0) is 45.1. The van der Waals surface area contributed by atoms with Crippen LogP contribution < -0.4 is 9.47 Å². The van der Waals surface area contributed by atoms with E-state index in [1.54, 1.807) is 43.0 Å². The van der Waals surface area contributed by atoms with Gasteiger partial charge in [-0.25, -0.2) is 20.1 Å². The van der Waals surface area contributed by atoms with Crippen LogP contribution in [0.15, 0.2) is 108 Å². The molecular weight excluding hydrogens is 958 g/mol. The Bertz CT molecular complexity index is 2270. The van der Waals surface area contributed by atoms with Crippen molar-refractivity contribution < 1.29 is 58.6 Å². The first-order valence-corrected chi connectivity index (χ1v) is 20.1. The summed E-state index contributed by atoms with van der Waals surface area (Å²) in [5.41, 5.74) is 4.67. The number of thiophene rings is 2. The van der Waals surface area contributed by atoms with E-state index in [0.29, 0.717) is 25.5 Å². The molecule has 5 aromatic heterocycles. The number of nitriles is 2. The number of rotatable bonds is 17. The van der Waals surface area contributed by atoms with E-state index in [2.05, 4.69) is 70.0 Å². The number of methoxy groups -OCH3 is 1. The Balaban J connectivity index is 0.00000117. The van der Waals surface area contributed by atoms with Gasteiger partial charge in [-0.15, -0.1) is 22.7 Å². The van der Waals surface area contributed by atoms with Crippen LogP contribution in [0.3, 0.4) is 0 Å². The number of ether oxygens (including phenoxy) is 3. The molecule has 0 fully saturated rings. The minimum atomic E-state index is -0.954. The number of aromatic nitrogens is 3. The van der Waals surface area contributed by atoms with Crippen LogP contribution in [0.5, 0.6) is 11.5 Å². The van der Waals surface area contributed by atoms with Gasteiger partial charge in [-0.3, -0.25) is 19.9 Å². The first-order chi connectivity index (χ1) is 29.6. The minimum Gasteiger partial charge on any atom is -0.696 e. The number of carboxylic acid groups (broad SMARTS) is 2. The molecule has 0 aromatic carbocycles. The molecule has 5 aromatic rings. The standard InChI is InChI=1S/C28H28N2O4S2.C8H7NO2.C5H7NO2.2CHNS.Ru/c1-32-14-15-34-27-9-16-35-28(27)4-2-3-21-7-10-29-25(17-21)26-18-22(8-11-30-26)5-6-24-19-23(20-36-24)33-13-12-31;1-2-7-5-6(8(10)11)3-4-9-7;1-6-4-2-3-5(7)8;2*2-1-3;/h2,4-11,16-20,31H,3,12-15H2,1H3;2-5H,1H2,(H,10,11);2-4H,1H3,(H,7,8);2*3H;/q;;;;;+2/p-2/b4-2+,6-5+;;3-2+,6-4?;;;. The molecule has 5 heterocycles. The predicted molar refractivity (Wildman–Crippen MR) is 246 cm³/mol. The van der Waals surface area contributed by atoms with Crippen LogP contribution in [-0.4, -0.2) is 89.0 Å². The second-order valence-corrected chi connectivity index (χ2v) is 13.2. The van der Waals surface area contributed by atoms with Crippen molar-refractivity contribution in [3.8, 4) is 33.7 Å². The summed E-state index contributed by atoms with van der Waals surface area (Å²) in [6, 6.07) is 15.0. The number of aliphatic imine (C=N–C) groups is 1. The number of carboxylic acids is 2. The molecule has 0 aliphatic rings. The van der Waals surface area contributed by atoms with Crippen LogP contribution in [0.4, 0.5) is 0 Å². The summed E-state index contributed by atoms with van der Waals surface area (Å²) in [6.07, 6.45) is 19.5. The molecule has 0 atom stereocenters. The van der Waals surface area contributed by atoms with Gasteiger partial charge in [-0.1, -0.05) is 29.5 Å². The number of thiocyanates is 2. The van der Waals surface area contributed by atoms with Crippen LogP contribution in [0, 0.1) is 21.3 Å². The second-order valence-electron chi connectivity index (χ2n) is 11.0. The topological polar surface area (TPSA) is 221 Å². The molecule has 3 N–H and O–H groups in total. The first kappa shape index (κ1) is 56.0. The maximum atomic E-state index is 10.4. The number of aliphatic hydroxyl groups is 1. The number of carbonyl (C=O) groups is 2. The van der Waals surface area contributed by atoms with Crippen LogP contribution in [-0.2, 0) is 60.7 Å². The van der Waals surface area contributed by atoms with Crippen LogP contribution >= 0.6 is 22.7 Å². The fraction of sp³-hybridized carbons (Fsp3) is 0.163. The van der Waals surface area contributed by atoms with Crippen molar-refractivity contribution in [3.63, 3.8) is 0 Å². The first-order valence-electron chi connectivity index (χ1n) is 17.5. The molecule has 0 unspecified atom stereocenters. The number of aromatic carboxylic acids is 1. The summed E-state index contributed by atoms with van der Waals surface area (Å²) in [7, 11) is 3.24. The Labute approximate surface area is 392 Å². The van der Waals surface area contributed by atoms with Crippen molar-refractivity contribution in [2.24, 2.45) is 4.99 Å². The molecule has 14 nitrogen and oxygen atoms in total. The van der Waals surface area contributed by atoms with Crippen molar-refractivity contribution in [1.29, 1.82) is 10.5 Å². The number of allylic oxidation sites excluding steroid dienone is 2. The van der Waals surface area contributed by atoms with Gasteiger partial charge < -0.3 is 54.8 Å². The molecule has 0 aliphatic carbocycles. The molecular formula is C43H42N6O8RuS4. The molecule has 0 aliphatic heterocycles. The quantitative estimate of drug-likeness (QED) is 0.0202. The van der Waals surface area contributed by atoms with E-state index < -0.39 is 11.9 Å². The minimum absolute atomic E-state index is 0. The molecule has 0 saturated carbocycles. The number of nitrogens with zero attached hydrogens (tertiary/aromatic N) is 6. The van der Waals surface area contributed by atoms with Crippen molar-refractivity contribution in [2.45, 2.75) is 6.42 Å². The second kappa shape index (κ2) is 35.7. The Morgan fingerprint density at radius 1 is 0.903 bits per heavy atom. The number of aliphatic carboxylic acids is 1. The third-order valence-electron chi connectivity index (χ3n) is 6.80. The summed E-state index contributed by atoms with van der Waals surface area (Å²) in [5, 5.41) is 46.3. The number of aliphatic hydroxyl groups excluding tert-OH is 1. The average molecular weight is 1000 g/mol. The smallest absolute Gasteiger partial charge is 0.696 e. The van der Waals surface area contributed by atoms with Gasteiger partial charge >= 0.3 is 31.4 Å². The third-order valence-corrected chi connectivity index (χ3v) is 8.54. The Kier molecular flexibility index (Phi) is 32.2. The Hall–Kier alpha value is -6.02. The van der Waals surface area contributed by atoms with Gasteiger partial charge in [0, 0.05) is 55.3 Å². The largest absolute Gasteiger partial charge is 2.00 e. The zero-order valence-electron chi connectivity index (χ0n) is 33.4. The van der Waals surface area contributed by atoms with E-state index in [4.69, 9.17) is 40.1 Å². The van der Waals surface area contributed by atoms with Gasteiger partial charge in [0.1, 0.15) is 24.7 Å². The van der Waals surface area contributed by atoms with E-state index in [9.17, 15) is 9.59 Å². The monoisotopic (exact) mass is 1000 g/mol. The molecule has 0 spiro atoms. The number of hydrogen-bond donors (Lipinski definition) is 3. The van der Waals surface area contributed by atoms with E-state index in [-0.39, 0.29) is 31.6 Å². The summed E-state index contributed by atoms with van der Waals surface area (Å²) in [4.78, 5) is 38.8. The van der Waals surface area contributed by atoms with Gasteiger partial charge in [0.05, 0.1) is 40.7 Å². The Morgan fingerprint density at radius 3 is 2.24 bits per heavy atom. The average Bonchev–Trinajstić information content (AvgIpc) is 3.93. The van der Waals surface area contributed by atoms with Gasteiger partial charge in [-0.05, 0) is 95.8 Å². The molecule has 0 bridgehead atoms. The van der Waals surface area contributed by atoms with E-state index in [1.165, 1.54) is 47.5 Å². The zero-order valence-corrected chi connectivity index (χ0v) is 38.4. The van der Waals surface area contributed by atoms with Crippen LogP contribution in [0.2, 0.25) is 0 Å². The molecule has 0 radical (unpaired) electrons. The fourth-order valence-electron chi connectivity index (χ4n) is 4.26. The van der Waals surface area contributed by atoms with Gasteiger partial charge in [0.15, 0.2) is 0 Å². The Morgan fingerprint density at radius 2 is 1.60 bits per heavy atom.